The van der Waals surface area contributed by atoms with Gasteiger partial charge >= 0.3 is 20.3 Å². The number of ether oxygens (including phenoxy) is 2. The first-order valence-corrected chi connectivity index (χ1v) is 13.1. The van der Waals surface area contributed by atoms with Crippen molar-refractivity contribution in [2.24, 2.45) is 0 Å². The number of hydrogen-bond acceptors (Lipinski definition) is 13. The Morgan fingerprint density at radius 3 is 2.52 bits per heavy atom. The average molecular weight is 581 g/mol. The summed E-state index contributed by atoms with van der Waals surface area (Å²) >= 11 is 0. The van der Waals surface area contributed by atoms with Gasteiger partial charge in [0.1, 0.15) is 12.4 Å². The van der Waals surface area contributed by atoms with E-state index in [0.717, 1.165) is 5.56 Å². The monoisotopic (exact) mass is 581 g/mol. The lowest BCUT2D eigenvalue weighted by Crippen LogP contribution is -2.37. The summed E-state index contributed by atoms with van der Waals surface area (Å²) in [6.45, 7) is -0.931. The Kier molecular flexibility index (Phi) is 12.1. The molecule has 0 saturated carbocycles. The van der Waals surface area contributed by atoms with Gasteiger partial charge in [-0.25, -0.2) is 14.9 Å². The second-order valence-electron chi connectivity index (χ2n) is 8.28. The molecule has 0 saturated heterocycles. The molecule has 2 unspecified atom stereocenters. The lowest BCUT2D eigenvalue weighted by atomic mass is 10.1. The Hall–Kier alpha value is -3.76. The summed E-state index contributed by atoms with van der Waals surface area (Å²) in [5.41, 5.74) is 1.65. The van der Waals surface area contributed by atoms with Gasteiger partial charge in [-0.2, -0.15) is 0 Å². The number of rotatable bonds is 16. The third-order valence-corrected chi connectivity index (χ3v) is 5.71. The molecule has 17 heteroatoms. The summed E-state index contributed by atoms with van der Waals surface area (Å²) in [7, 11) is -3.52. The maximum Gasteiger partial charge on any atom is 0.412 e. The van der Waals surface area contributed by atoms with Crippen LogP contribution in [0.25, 0.3) is 0 Å². The number of hydrogen-bond donors (Lipinski definition) is 4. The SMILES string of the molecule is O=C(Cc1ccc(OC(=O)NCCCC(O)(COOO)O[PH](=O)O)cc1)OCn1nnc(Cc2ccccc2)n1. The van der Waals surface area contributed by atoms with Crippen LogP contribution in [0.5, 0.6) is 5.75 Å². The quantitative estimate of drug-likeness (QED) is 0.0470. The molecule has 0 aliphatic heterocycles. The molecular weight excluding hydrogens is 553 g/mol. The molecule has 1 amide bonds. The molecule has 0 bridgehead atoms. The first-order valence-electron chi connectivity index (χ1n) is 11.8. The highest BCUT2D eigenvalue weighted by atomic mass is 31.1. The van der Waals surface area contributed by atoms with Gasteiger partial charge in [-0.1, -0.05) is 47.5 Å². The predicted molar refractivity (Wildman–Crippen MR) is 133 cm³/mol. The van der Waals surface area contributed by atoms with Crippen molar-refractivity contribution >= 4 is 20.3 Å². The maximum absolute atomic E-state index is 12.2. The van der Waals surface area contributed by atoms with Gasteiger partial charge in [-0.05, 0) is 34.9 Å². The summed E-state index contributed by atoms with van der Waals surface area (Å²) in [4.78, 5) is 38.4. The van der Waals surface area contributed by atoms with Crippen molar-refractivity contribution in [2.75, 3.05) is 13.2 Å². The molecule has 0 aliphatic carbocycles. The molecule has 40 heavy (non-hydrogen) atoms. The van der Waals surface area contributed by atoms with E-state index in [1.165, 1.54) is 16.9 Å². The maximum atomic E-state index is 12.2. The molecule has 16 nitrogen and oxygen atoms in total. The minimum absolute atomic E-state index is 0.00907. The van der Waals surface area contributed by atoms with Gasteiger partial charge in [0.25, 0.3) is 0 Å². The largest absolute Gasteiger partial charge is 0.440 e. The summed E-state index contributed by atoms with van der Waals surface area (Å²) in [6.07, 6.45) is -0.469. The number of amides is 1. The molecule has 1 heterocycles. The number of esters is 1. The van der Waals surface area contributed by atoms with Gasteiger partial charge in [-0.3, -0.25) is 13.9 Å². The average Bonchev–Trinajstić information content (AvgIpc) is 3.37. The normalized spacial score (nSPS) is 13.3. The summed E-state index contributed by atoms with van der Waals surface area (Å²) in [6, 6.07) is 15.8. The van der Waals surface area contributed by atoms with Gasteiger partial charge in [0.15, 0.2) is 5.82 Å². The van der Waals surface area contributed by atoms with E-state index in [9.17, 15) is 19.3 Å². The molecular formula is C23H28N5O11P. The molecule has 1 aromatic heterocycles. The van der Waals surface area contributed by atoms with Crippen LogP contribution in [-0.4, -0.2) is 66.5 Å². The molecule has 0 aliphatic rings. The fourth-order valence-corrected chi connectivity index (χ4v) is 3.82. The van der Waals surface area contributed by atoms with Crippen molar-refractivity contribution in [3.8, 4) is 5.75 Å². The standard InChI is InChI=1S/C23H28N5O11P/c29-21(35-16-28-26-20(25-27-28)13-17-5-2-1-3-6-17)14-18-7-9-19(10-8-18)37-22(30)24-12-4-11-23(31,15-36-39-32)38-40(33)34/h1-3,5-10,31-32,40H,4,11-16H2,(H,24,30)(H,33,34). The first-order chi connectivity index (χ1) is 19.2. The van der Waals surface area contributed by atoms with E-state index >= 15 is 0 Å². The smallest absolute Gasteiger partial charge is 0.412 e. The van der Waals surface area contributed by atoms with E-state index < -0.39 is 32.7 Å². The minimum atomic E-state index is -3.52. The highest BCUT2D eigenvalue weighted by molar-refractivity contribution is 7.32. The topological polar surface area (TPSA) is 214 Å². The van der Waals surface area contributed by atoms with Gasteiger partial charge in [0, 0.05) is 19.4 Å². The molecule has 2 atom stereocenters. The Labute approximate surface area is 228 Å². The Bertz CT molecular complexity index is 1250. The summed E-state index contributed by atoms with van der Waals surface area (Å²) in [5, 5.41) is 36.1. The van der Waals surface area contributed by atoms with Gasteiger partial charge in [0.05, 0.1) is 6.42 Å². The van der Waals surface area contributed by atoms with Gasteiger partial charge in [0.2, 0.25) is 12.5 Å². The summed E-state index contributed by atoms with van der Waals surface area (Å²) < 4.78 is 25.7. The van der Waals surface area contributed by atoms with Crippen LogP contribution in [-0.2, 0) is 48.1 Å². The van der Waals surface area contributed by atoms with E-state index in [1.54, 1.807) is 12.1 Å². The van der Waals surface area contributed by atoms with Crippen molar-refractivity contribution in [1.82, 2.24) is 25.5 Å². The van der Waals surface area contributed by atoms with E-state index in [4.69, 9.17) is 19.6 Å². The third-order valence-electron chi connectivity index (χ3n) is 5.15. The molecule has 3 aromatic rings. The van der Waals surface area contributed by atoms with Crippen LogP contribution in [0.15, 0.2) is 54.6 Å². The van der Waals surface area contributed by atoms with Crippen LogP contribution < -0.4 is 10.1 Å². The highest BCUT2D eigenvalue weighted by Crippen LogP contribution is 2.28. The molecule has 4 N–H and O–H groups in total. The van der Waals surface area contributed by atoms with E-state index in [-0.39, 0.29) is 38.3 Å². The number of nitrogens with one attached hydrogen (secondary N) is 1. The first kappa shape index (κ1) is 30.8. The number of carbonyl (C=O) groups is 2. The molecule has 3 rings (SSSR count). The number of nitrogens with zero attached hydrogens (tertiary/aromatic N) is 4. The lowest BCUT2D eigenvalue weighted by Gasteiger charge is -2.25. The Morgan fingerprint density at radius 1 is 1.07 bits per heavy atom. The predicted octanol–water partition coefficient (Wildman–Crippen LogP) is 1.38. The van der Waals surface area contributed by atoms with E-state index in [1.807, 2.05) is 30.3 Å². The number of aromatic nitrogens is 4. The molecule has 0 radical (unpaired) electrons. The van der Waals surface area contributed by atoms with Crippen molar-refractivity contribution in [2.45, 2.75) is 38.2 Å². The highest BCUT2D eigenvalue weighted by Gasteiger charge is 2.31. The van der Waals surface area contributed by atoms with Gasteiger partial charge in [-0.15, -0.1) is 15.0 Å². The fraction of sp³-hybridized carbons (Fsp3) is 0.348. The van der Waals surface area contributed by atoms with E-state index in [0.29, 0.717) is 17.8 Å². The van der Waals surface area contributed by atoms with E-state index in [2.05, 4.69) is 35.2 Å². The zero-order valence-electron chi connectivity index (χ0n) is 21.0. The van der Waals surface area contributed by atoms with Gasteiger partial charge < -0.3 is 24.8 Å². The van der Waals surface area contributed by atoms with Crippen LogP contribution in [0.3, 0.4) is 0 Å². The van der Waals surface area contributed by atoms with Crippen LogP contribution >= 0.6 is 8.25 Å². The zero-order valence-corrected chi connectivity index (χ0v) is 22.0. The second kappa shape index (κ2) is 15.7. The Balaban J connectivity index is 1.35. The van der Waals surface area contributed by atoms with Crippen molar-refractivity contribution in [1.29, 1.82) is 0 Å². The minimum Gasteiger partial charge on any atom is -0.440 e. The third kappa shape index (κ3) is 11.2. The van der Waals surface area contributed by atoms with Crippen molar-refractivity contribution < 1.29 is 53.3 Å². The summed E-state index contributed by atoms with van der Waals surface area (Å²) in [5.74, 6) is -2.02. The number of aliphatic hydroxyl groups is 1. The molecule has 0 spiro atoms. The Morgan fingerprint density at radius 2 is 1.82 bits per heavy atom. The van der Waals surface area contributed by atoms with Crippen molar-refractivity contribution in [3.63, 3.8) is 0 Å². The van der Waals surface area contributed by atoms with Crippen LogP contribution in [0.1, 0.15) is 29.8 Å². The second-order valence-corrected chi connectivity index (χ2v) is 9.01. The van der Waals surface area contributed by atoms with Crippen LogP contribution in [0.4, 0.5) is 4.79 Å². The zero-order chi connectivity index (χ0) is 28.8. The molecule has 216 valence electrons. The van der Waals surface area contributed by atoms with Crippen LogP contribution in [0.2, 0.25) is 0 Å². The molecule has 0 fully saturated rings. The molecule has 2 aromatic carbocycles. The van der Waals surface area contributed by atoms with Crippen LogP contribution in [0, 0.1) is 0 Å². The number of tetrazole rings is 1. The fourth-order valence-electron chi connectivity index (χ4n) is 3.33. The number of benzene rings is 2. The lowest BCUT2D eigenvalue weighted by molar-refractivity contribution is -0.503. The van der Waals surface area contributed by atoms with Crippen molar-refractivity contribution in [3.05, 3.63) is 71.5 Å². The number of carbonyl (C=O) groups excluding carboxylic acids is 2.